The largest absolute Gasteiger partial charge is 0.306 e. The van der Waals surface area contributed by atoms with E-state index in [4.69, 9.17) is 0 Å². The molecule has 0 saturated heterocycles. The maximum Gasteiger partial charge on any atom is 0.258 e. The van der Waals surface area contributed by atoms with E-state index in [1.54, 1.807) is 29.1 Å². The van der Waals surface area contributed by atoms with Gasteiger partial charge in [-0.15, -0.1) is 0 Å². The van der Waals surface area contributed by atoms with Crippen LogP contribution in [0.2, 0.25) is 0 Å². The summed E-state index contributed by atoms with van der Waals surface area (Å²) in [5.74, 6) is 0.132. The Labute approximate surface area is 159 Å². The van der Waals surface area contributed by atoms with Gasteiger partial charge in [-0.25, -0.2) is 9.37 Å². The Balaban J connectivity index is 2.02. The molecule has 0 aliphatic heterocycles. The molecule has 134 valence electrons. The SMILES string of the molecule is CC(C)(C)c1cc(NC(=O)c2cc(F)ccc2Br)n(-c2ccccn2)n1. The summed E-state index contributed by atoms with van der Waals surface area (Å²) in [6.07, 6.45) is 1.66. The first-order valence-electron chi connectivity index (χ1n) is 8.04. The maximum absolute atomic E-state index is 13.5. The zero-order valence-corrected chi connectivity index (χ0v) is 16.2. The molecule has 7 heteroatoms. The lowest BCUT2D eigenvalue weighted by molar-refractivity contribution is 0.102. The quantitative estimate of drug-likeness (QED) is 0.671. The highest BCUT2D eigenvalue weighted by molar-refractivity contribution is 9.10. The molecule has 2 heterocycles. The van der Waals surface area contributed by atoms with E-state index >= 15 is 0 Å². The summed E-state index contributed by atoms with van der Waals surface area (Å²) in [6, 6.07) is 11.2. The summed E-state index contributed by atoms with van der Waals surface area (Å²) < 4.78 is 15.6. The molecule has 0 spiro atoms. The van der Waals surface area contributed by atoms with E-state index < -0.39 is 11.7 Å². The molecule has 1 N–H and O–H groups in total. The molecule has 0 fully saturated rings. The van der Waals surface area contributed by atoms with Gasteiger partial charge in [-0.05, 0) is 46.3 Å². The molecule has 0 atom stereocenters. The van der Waals surface area contributed by atoms with E-state index in [1.807, 2.05) is 26.8 Å². The summed E-state index contributed by atoms with van der Waals surface area (Å²) in [7, 11) is 0. The van der Waals surface area contributed by atoms with Crippen molar-refractivity contribution in [3.63, 3.8) is 0 Å². The summed E-state index contributed by atoms with van der Waals surface area (Å²) in [6.45, 7) is 6.10. The van der Waals surface area contributed by atoms with Crippen LogP contribution >= 0.6 is 15.9 Å². The standard InChI is InChI=1S/C19H18BrFN4O/c1-19(2,3)15-11-17(25(24-15)16-6-4-5-9-22-16)23-18(26)13-10-12(21)7-8-14(13)20/h4-11H,1-3H3,(H,23,26). The first-order chi connectivity index (χ1) is 12.3. The predicted molar refractivity (Wildman–Crippen MR) is 102 cm³/mol. The van der Waals surface area contributed by atoms with E-state index in [0.717, 1.165) is 5.69 Å². The van der Waals surface area contributed by atoms with Crippen LogP contribution in [0.3, 0.4) is 0 Å². The van der Waals surface area contributed by atoms with Gasteiger partial charge in [0.05, 0.1) is 11.3 Å². The van der Waals surface area contributed by atoms with E-state index in [-0.39, 0.29) is 11.0 Å². The van der Waals surface area contributed by atoms with Crippen LogP contribution in [0, 0.1) is 5.82 Å². The number of carbonyl (C=O) groups is 1. The van der Waals surface area contributed by atoms with Crippen molar-refractivity contribution in [2.24, 2.45) is 0 Å². The van der Waals surface area contributed by atoms with Crippen LogP contribution in [0.5, 0.6) is 0 Å². The van der Waals surface area contributed by atoms with Crippen molar-refractivity contribution < 1.29 is 9.18 Å². The third kappa shape index (κ3) is 3.83. The zero-order valence-electron chi connectivity index (χ0n) is 14.6. The number of rotatable bonds is 3. The molecular formula is C19H18BrFN4O. The zero-order chi connectivity index (χ0) is 18.9. The lowest BCUT2D eigenvalue weighted by Gasteiger charge is -2.13. The Bertz CT molecular complexity index is 948. The molecule has 2 aromatic heterocycles. The lowest BCUT2D eigenvalue weighted by Crippen LogP contribution is -2.16. The van der Waals surface area contributed by atoms with Crippen molar-refractivity contribution in [3.8, 4) is 5.82 Å². The number of aromatic nitrogens is 3. The van der Waals surface area contributed by atoms with Crippen molar-refractivity contribution >= 4 is 27.7 Å². The van der Waals surface area contributed by atoms with Crippen LogP contribution in [0.1, 0.15) is 36.8 Å². The third-order valence-corrected chi connectivity index (χ3v) is 4.45. The average molecular weight is 417 g/mol. The van der Waals surface area contributed by atoms with Gasteiger partial charge in [-0.3, -0.25) is 4.79 Å². The third-order valence-electron chi connectivity index (χ3n) is 3.76. The van der Waals surface area contributed by atoms with Gasteiger partial charge in [0.25, 0.3) is 5.91 Å². The number of hydrogen-bond donors (Lipinski definition) is 1. The molecule has 0 unspecified atom stereocenters. The highest BCUT2D eigenvalue weighted by atomic mass is 79.9. The second-order valence-electron chi connectivity index (χ2n) is 6.84. The number of anilines is 1. The smallest absolute Gasteiger partial charge is 0.258 e. The minimum absolute atomic E-state index is 0.205. The first-order valence-corrected chi connectivity index (χ1v) is 8.83. The van der Waals surface area contributed by atoms with E-state index in [2.05, 4.69) is 31.3 Å². The molecule has 26 heavy (non-hydrogen) atoms. The van der Waals surface area contributed by atoms with Gasteiger partial charge in [0, 0.05) is 22.2 Å². The number of pyridine rings is 1. The number of amides is 1. The van der Waals surface area contributed by atoms with Crippen molar-refractivity contribution in [3.05, 3.63) is 70.2 Å². The molecule has 0 aliphatic carbocycles. The number of nitrogens with one attached hydrogen (secondary N) is 1. The van der Waals surface area contributed by atoms with Crippen molar-refractivity contribution in [2.45, 2.75) is 26.2 Å². The van der Waals surface area contributed by atoms with Gasteiger partial charge >= 0.3 is 0 Å². The van der Waals surface area contributed by atoms with Crippen LogP contribution in [0.25, 0.3) is 5.82 Å². The molecule has 0 aliphatic rings. The van der Waals surface area contributed by atoms with Gasteiger partial charge in [0.2, 0.25) is 0 Å². The number of benzene rings is 1. The molecule has 0 saturated carbocycles. The topological polar surface area (TPSA) is 59.8 Å². The molecule has 5 nitrogen and oxygen atoms in total. The Morgan fingerprint density at radius 1 is 1.19 bits per heavy atom. The molecule has 1 aromatic carbocycles. The van der Waals surface area contributed by atoms with Crippen molar-refractivity contribution in [2.75, 3.05) is 5.32 Å². The molecule has 1 amide bonds. The summed E-state index contributed by atoms with van der Waals surface area (Å²) in [5.41, 5.74) is 0.798. The minimum Gasteiger partial charge on any atom is -0.306 e. The number of nitrogens with zero attached hydrogens (tertiary/aromatic N) is 3. The Kier molecular flexibility index (Phi) is 4.91. The first kappa shape index (κ1) is 18.3. The number of carbonyl (C=O) groups excluding carboxylic acids is 1. The van der Waals surface area contributed by atoms with Gasteiger partial charge in [-0.1, -0.05) is 26.8 Å². The van der Waals surface area contributed by atoms with Crippen LogP contribution in [-0.2, 0) is 5.41 Å². The van der Waals surface area contributed by atoms with Crippen LogP contribution in [0.4, 0.5) is 10.2 Å². The van der Waals surface area contributed by atoms with Gasteiger partial charge in [0.15, 0.2) is 5.82 Å². The Morgan fingerprint density at radius 3 is 2.62 bits per heavy atom. The van der Waals surface area contributed by atoms with Crippen LogP contribution in [0.15, 0.2) is 53.1 Å². The van der Waals surface area contributed by atoms with Gasteiger partial charge in [0.1, 0.15) is 11.6 Å². The molecule has 0 radical (unpaired) electrons. The molecular weight excluding hydrogens is 399 g/mol. The average Bonchev–Trinajstić information content (AvgIpc) is 3.02. The van der Waals surface area contributed by atoms with Crippen molar-refractivity contribution in [1.29, 1.82) is 0 Å². The molecule has 0 bridgehead atoms. The fraction of sp³-hybridized carbons (Fsp3) is 0.211. The second kappa shape index (κ2) is 6.99. The fourth-order valence-electron chi connectivity index (χ4n) is 2.35. The number of halogens is 2. The van der Waals surface area contributed by atoms with Crippen LogP contribution in [-0.4, -0.2) is 20.7 Å². The second-order valence-corrected chi connectivity index (χ2v) is 7.70. The highest BCUT2D eigenvalue weighted by Crippen LogP contribution is 2.27. The summed E-state index contributed by atoms with van der Waals surface area (Å²) >= 11 is 3.28. The van der Waals surface area contributed by atoms with E-state index in [1.165, 1.54) is 18.2 Å². The van der Waals surface area contributed by atoms with E-state index in [9.17, 15) is 9.18 Å². The summed E-state index contributed by atoms with van der Waals surface area (Å²) in [4.78, 5) is 17.0. The maximum atomic E-state index is 13.5. The lowest BCUT2D eigenvalue weighted by atomic mass is 9.92. The van der Waals surface area contributed by atoms with Crippen molar-refractivity contribution in [1.82, 2.24) is 14.8 Å². The fourth-order valence-corrected chi connectivity index (χ4v) is 2.77. The Morgan fingerprint density at radius 2 is 1.96 bits per heavy atom. The molecule has 3 rings (SSSR count). The van der Waals surface area contributed by atoms with Gasteiger partial charge < -0.3 is 5.32 Å². The predicted octanol–water partition coefficient (Wildman–Crippen LogP) is 4.72. The Hall–Kier alpha value is -2.54. The van der Waals surface area contributed by atoms with Crippen LogP contribution < -0.4 is 5.32 Å². The van der Waals surface area contributed by atoms with Gasteiger partial charge in [-0.2, -0.15) is 9.78 Å². The minimum atomic E-state index is -0.480. The highest BCUT2D eigenvalue weighted by Gasteiger charge is 2.22. The monoisotopic (exact) mass is 416 g/mol. The van der Waals surface area contributed by atoms with E-state index in [0.29, 0.717) is 16.1 Å². The normalized spacial score (nSPS) is 11.4. The number of hydrogen-bond acceptors (Lipinski definition) is 3. The molecule has 3 aromatic rings. The summed E-state index contributed by atoms with van der Waals surface area (Å²) in [5, 5.41) is 7.40.